The van der Waals surface area contributed by atoms with Crippen molar-refractivity contribution in [1.29, 1.82) is 0 Å². The van der Waals surface area contributed by atoms with Crippen LogP contribution in [-0.2, 0) is 5.75 Å². The predicted molar refractivity (Wildman–Crippen MR) is 121 cm³/mol. The third kappa shape index (κ3) is 4.28. The molecular weight excluding hydrogens is 445 g/mol. The van der Waals surface area contributed by atoms with Crippen molar-refractivity contribution < 1.29 is 13.7 Å². The van der Waals surface area contributed by atoms with Crippen LogP contribution >= 0.6 is 11.8 Å². The molecule has 0 radical (unpaired) electrons. The molecule has 0 N–H and O–H groups in total. The number of halogens is 1. The summed E-state index contributed by atoms with van der Waals surface area (Å²) in [6, 6.07) is 19.8. The van der Waals surface area contributed by atoms with Crippen LogP contribution in [0.15, 0.2) is 82.2 Å². The molecule has 3 aromatic carbocycles. The van der Waals surface area contributed by atoms with Gasteiger partial charge >= 0.3 is 0 Å². The Labute approximate surface area is 190 Å². The molecule has 5 aromatic rings. The number of hydrogen-bond acceptors (Lipinski definition) is 8. The smallest absolute Gasteiger partial charge is 0.269 e. The summed E-state index contributed by atoms with van der Waals surface area (Å²) in [7, 11) is 0. The first-order chi connectivity index (χ1) is 16.1. The van der Waals surface area contributed by atoms with E-state index in [0.717, 1.165) is 16.3 Å². The number of rotatable bonds is 6. The number of nitro groups is 1. The zero-order valence-corrected chi connectivity index (χ0v) is 17.7. The van der Waals surface area contributed by atoms with Crippen LogP contribution in [0.1, 0.15) is 5.89 Å². The molecule has 33 heavy (non-hydrogen) atoms. The monoisotopic (exact) mass is 459 g/mol. The van der Waals surface area contributed by atoms with E-state index in [2.05, 4.69) is 20.4 Å². The van der Waals surface area contributed by atoms with Crippen molar-refractivity contribution >= 4 is 28.2 Å². The Kier molecular flexibility index (Phi) is 5.49. The van der Waals surface area contributed by atoms with Crippen molar-refractivity contribution in [2.24, 2.45) is 0 Å². The van der Waals surface area contributed by atoms with Gasteiger partial charge in [0.05, 0.1) is 10.7 Å². The zero-order chi connectivity index (χ0) is 22.8. The first kappa shape index (κ1) is 20.7. The molecule has 2 aromatic heterocycles. The average molecular weight is 459 g/mol. The normalized spacial score (nSPS) is 11.1. The summed E-state index contributed by atoms with van der Waals surface area (Å²) in [5, 5.41) is 30.2. The van der Waals surface area contributed by atoms with E-state index in [9.17, 15) is 14.5 Å². The van der Waals surface area contributed by atoms with Crippen LogP contribution in [0, 0.1) is 15.9 Å². The predicted octanol–water partition coefficient (Wildman–Crippen LogP) is 5.69. The summed E-state index contributed by atoms with van der Waals surface area (Å²) in [5.41, 5.74) is 2.04. The lowest BCUT2D eigenvalue weighted by molar-refractivity contribution is -0.384. The number of fused-ring (bicyclic) bond motifs is 1. The van der Waals surface area contributed by atoms with Gasteiger partial charge in [0.25, 0.3) is 5.69 Å². The largest absolute Gasteiger partial charge is 0.420 e. The maximum atomic E-state index is 13.3. The van der Waals surface area contributed by atoms with E-state index in [1.165, 1.54) is 36.0 Å². The second kappa shape index (κ2) is 8.75. The highest BCUT2D eigenvalue weighted by Crippen LogP contribution is 2.33. The number of benzene rings is 3. The minimum absolute atomic E-state index is 0.0106. The molecule has 0 saturated heterocycles. The van der Waals surface area contributed by atoms with Gasteiger partial charge in [0.15, 0.2) is 0 Å². The van der Waals surface area contributed by atoms with Crippen molar-refractivity contribution in [2.45, 2.75) is 10.8 Å². The summed E-state index contributed by atoms with van der Waals surface area (Å²) >= 11 is 1.41. The van der Waals surface area contributed by atoms with Crippen molar-refractivity contribution in [3.63, 3.8) is 0 Å². The average Bonchev–Trinajstić information content (AvgIpc) is 3.32. The maximum absolute atomic E-state index is 13.3. The molecule has 0 aliphatic carbocycles. The van der Waals surface area contributed by atoms with Crippen molar-refractivity contribution in [3.05, 3.63) is 94.6 Å². The fourth-order valence-electron chi connectivity index (χ4n) is 3.29. The zero-order valence-electron chi connectivity index (χ0n) is 16.9. The van der Waals surface area contributed by atoms with Crippen LogP contribution in [-0.4, -0.2) is 25.3 Å². The van der Waals surface area contributed by atoms with Gasteiger partial charge in [0, 0.05) is 34.0 Å². The van der Waals surface area contributed by atoms with Gasteiger partial charge in [0.1, 0.15) is 16.5 Å². The van der Waals surface area contributed by atoms with E-state index >= 15 is 0 Å². The van der Waals surface area contributed by atoms with Gasteiger partial charge in [0.2, 0.25) is 11.8 Å². The van der Waals surface area contributed by atoms with E-state index in [1.54, 1.807) is 24.3 Å². The Bertz CT molecular complexity index is 1460. The van der Waals surface area contributed by atoms with Crippen molar-refractivity contribution in [3.8, 4) is 22.7 Å². The number of non-ortho nitro benzene ring substituents is 1. The quantitative estimate of drug-likeness (QED) is 0.181. The Morgan fingerprint density at radius 3 is 2.27 bits per heavy atom. The third-order valence-electron chi connectivity index (χ3n) is 4.90. The second-order valence-corrected chi connectivity index (χ2v) is 7.96. The topological polar surface area (TPSA) is 108 Å². The van der Waals surface area contributed by atoms with Crippen LogP contribution in [0.2, 0.25) is 0 Å². The Morgan fingerprint density at radius 1 is 0.848 bits per heavy atom. The maximum Gasteiger partial charge on any atom is 0.269 e. The van der Waals surface area contributed by atoms with Crippen LogP contribution in [0.25, 0.3) is 33.5 Å². The lowest BCUT2D eigenvalue weighted by Gasteiger charge is -2.08. The molecular formula is C23H14FN5O3S. The summed E-state index contributed by atoms with van der Waals surface area (Å²) in [5.74, 6) is 0.731. The molecule has 8 nitrogen and oxygen atoms in total. The van der Waals surface area contributed by atoms with Gasteiger partial charge in [-0.3, -0.25) is 10.1 Å². The molecule has 0 aliphatic rings. The van der Waals surface area contributed by atoms with Gasteiger partial charge in [-0.05, 0) is 36.4 Å². The highest BCUT2D eigenvalue weighted by atomic mass is 32.2. The molecule has 0 atom stereocenters. The first-order valence-corrected chi connectivity index (χ1v) is 10.8. The van der Waals surface area contributed by atoms with Crippen LogP contribution in [0.4, 0.5) is 10.1 Å². The molecule has 10 heteroatoms. The van der Waals surface area contributed by atoms with Gasteiger partial charge in [-0.1, -0.05) is 36.0 Å². The van der Waals surface area contributed by atoms with Crippen molar-refractivity contribution in [2.75, 3.05) is 0 Å². The summed E-state index contributed by atoms with van der Waals surface area (Å²) in [6.07, 6.45) is 0. The van der Waals surface area contributed by atoms with Gasteiger partial charge in [-0.15, -0.1) is 20.4 Å². The molecule has 0 saturated carbocycles. The lowest BCUT2D eigenvalue weighted by atomic mass is 10.1. The van der Waals surface area contributed by atoms with Crippen molar-refractivity contribution in [1.82, 2.24) is 20.4 Å². The number of nitrogens with zero attached hydrogens (tertiary/aromatic N) is 5. The summed E-state index contributed by atoms with van der Waals surface area (Å²) in [6.45, 7) is 0. The van der Waals surface area contributed by atoms with E-state index in [0.29, 0.717) is 27.9 Å². The highest BCUT2D eigenvalue weighted by molar-refractivity contribution is 7.98. The van der Waals surface area contributed by atoms with E-state index in [1.807, 2.05) is 24.3 Å². The molecule has 0 fully saturated rings. The Hall–Kier alpha value is -4.18. The van der Waals surface area contributed by atoms with Gasteiger partial charge < -0.3 is 4.42 Å². The van der Waals surface area contributed by atoms with Crippen LogP contribution < -0.4 is 0 Å². The Morgan fingerprint density at radius 2 is 1.55 bits per heavy atom. The molecule has 0 aliphatic heterocycles. The fourth-order valence-corrected chi connectivity index (χ4v) is 4.10. The number of thioether (sulfide) groups is 1. The third-order valence-corrected chi connectivity index (χ3v) is 5.86. The lowest BCUT2D eigenvalue weighted by Crippen LogP contribution is -1.94. The van der Waals surface area contributed by atoms with E-state index < -0.39 is 4.92 Å². The van der Waals surface area contributed by atoms with Crippen LogP contribution in [0.5, 0.6) is 0 Å². The van der Waals surface area contributed by atoms with Crippen LogP contribution in [0.3, 0.4) is 0 Å². The highest BCUT2D eigenvalue weighted by Gasteiger charge is 2.15. The number of nitro benzene ring substituents is 1. The molecule has 5 rings (SSSR count). The second-order valence-electron chi connectivity index (χ2n) is 7.00. The SMILES string of the molecule is O=[N+]([O-])c1ccc(-c2nnc(CSc3nnc(-c4ccc(F)cc4)c4ccccc34)o2)cc1. The van der Waals surface area contributed by atoms with E-state index in [4.69, 9.17) is 4.42 Å². The molecule has 0 unspecified atom stereocenters. The molecule has 0 bridgehead atoms. The minimum Gasteiger partial charge on any atom is -0.420 e. The van der Waals surface area contributed by atoms with Gasteiger partial charge in [-0.2, -0.15) is 0 Å². The summed E-state index contributed by atoms with van der Waals surface area (Å²) in [4.78, 5) is 10.3. The number of hydrogen-bond donors (Lipinski definition) is 0. The molecule has 0 amide bonds. The first-order valence-electron chi connectivity index (χ1n) is 9.80. The molecule has 162 valence electrons. The number of aromatic nitrogens is 4. The fraction of sp³-hybridized carbons (Fsp3) is 0.0435. The minimum atomic E-state index is -0.466. The Balaban J connectivity index is 1.38. The molecule has 0 spiro atoms. The summed E-state index contributed by atoms with van der Waals surface area (Å²) < 4.78 is 19.0. The molecule has 2 heterocycles. The standard InChI is InChI=1S/C23H14FN5O3S/c24-16-9-5-14(6-10-16)21-18-3-1-2-4-19(18)23(28-26-21)33-13-20-25-27-22(32-20)15-7-11-17(12-8-15)29(30)31/h1-12H,13H2. The van der Waals surface area contributed by atoms with Gasteiger partial charge in [-0.25, -0.2) is 4.39 Å². The van der Waals surface area contributed by atoms with E-state index in [-0.39, 0.29) is 17.4 Å².